The Labute approximate surface area is 110 Å². The highest BCUT2D eigenvalue weighted by atomic mass is 19.4. The zero-order chi connectivity index (χ0) is 15.3. The van der Waals surface area contributed by atoms with Gasteiger partial charge in [0.25, 0.3) is 5.56 Å². The lowest BCUT2D eigenvalue weighted by Crippen LogP contribution is -2.22. The van der Waals surface area contributed by atoms with Gasteiger partial charge in [0.05, 0.1) is 13.0 Å². The molecule has 0 bridgehead atoms. The molecule has 1 N–H and O–H groups in total. The molecule has 0 saturated carbocycles. The number of hydrogen-bond donors (Lipinski definition) is 1. The molecule has 0 amide bonds. The molecule has 0 radical (unpaired) electrons. The second-order valence-electron chi connectivity index (χ2n) is 3.62. The number of esters is 1. The number of H-pyrrole nitrogens is 1. The molecule has 1 aromatic rings. The van der Waals surface area contributed by atoms with E-state index in [-0.39, 0.29) is 12.3 Å². The van der Waals surface area contributed by atoms with Gasteiger partial charge in [-0.2, -0.15) is 0 Å². The number of rotatable bonds is 5. The van der Waals surface area contributed by atoms with E-state index < -0.39 is 42.3 Å². The monoisotopic (exact) mass is 297 g/mol. The van der Waals surface area contributed by atoms with E-state index in [9.17, 15) is 27.2 Å². The highest BCUT2D eigenvalue weighted by Gasteiger charge is 2.33. The Bertz CT molecular complexity index is 538. The van der Waals surface area contributed by atoms with Crippen molar-refractivity contribution in [1.29, 1.82) is 0 Å². The minimum Gasteiger partial charge on any atom is -0.466 e. The molecule has 0 aliphatic heterocycles. The third-order valence-electron chi connectivity index (χ3n) is 2.18. The van der Waals surface area contributed by atoms with Crippen LogP contribution in [0.25, 0.3) is 0 Å². The molecular formula is C11H11F4NO4. The summed E-state index contributed by atoms with van der Waals surface area (Å²) in [6, 6.07) is 0.469. The van der Waals surface area contributed by atoms with Gasteiger partial charge in [-0.25, -0.2) is 4.39 Å². The Morgan fingerprint density at radius 2 is 2.05 bits per heavy atom. The van der Waals surface area contributed by atoms with Crippen molar-refractivity contribution in [2.45, 2.75) is 26.4 Å². The molecule has 20 heavy (non-hydrogen) atoms. The van der Waals surface area contributed by atoms with Gasteiger partial charge in [0.15, 0.2) is 0 Å². The third kappa shape index (κ3) is 4.56. The number of carbonyl (C=O) groups is 1. The summed E-state index contributed by atoms with van der Waals surface area (Å²) >= 11 is 0. The van der Waals surface area contributed by atoms with Gasteiger partial charge in [-0.05, 0) is 6.92 Å². The van der Waals surface area contributed by atoms with Gasteiger partial charge >= 0.3 is 12.3 Å². The van der Waals surface area contributed by atoms with Crippen LogP contribution in [0.2, 0.25) is 0 Å². The molecule has 9 heteroatoms. The first kappa shape index (κ1) is 16.0. The number of aromatic nitrogens is 1. The normalized spacial score (nSPS) is 11.2. The Kier molecular flexibility index (Phi) is 5.12. The number of halogens is 4. The van der Waals surface area contributed by atoms with Crippen molar-refractivity contribution < 1.29 is 31.8 Å². The fourth-order valence-electron chi connectivity index (χ4n) is 1.48. The maximum atomic E-state index is 12.9. The van der Waals surface area contributed by atoms with Crippen LogP contribution < -0.4 is 10.3 Å². The third-order valence-corrected chi connectivity index (χ3v) is 2.18. The van der Waals surface area contributed by atoms with Crippen molar-refractivity contribution in [1.82, 2.24) is 4.98 Å². The fraction of sp³-hybridized carbons (Fsp3) is 0.455. The van der Waals surface area contributed by atoms with E-state index in [1.54, 1.807) is 0 Å². The fourth-order valence-corrected chi connectivity index (χ4v) is 1.48. The molecule has 112 valence electrons. The number of aromatic amines is 1. The zero-order valence-electron chi connectivity index (χ0n) is 10.3. The lowest BCUT2D eigenvalue weighted by molar-refractivity contribution is -0.275. The smallest absolute Gasteiger partial charge is 0.466 e. The average molecular weight is 297 g/mol. The summed E-state index contributed by atoms with van der Waals surface area (Å²) < 4.78 is 57.5. The molecule has 0 unspecified atom stereocenters. The van der Waals surface area contributed by atoms with E-state index >= 15 is 0 Å². The molecule has 0 fully saturated rings. The van der Waals surface area contributed by atoms with E-state index in [1.165, 1.54) is 6.92 Å². The number of nitrogens with one attached hydrogen (secondary N) is 1. The maximum absolute atomic E-state index is 12.9. The van der Waals surface area contributed by atoms with Crippen molar-refractivity contribution in [2.24, 2.45) is 0 Å². The molecule has 0 atom stereocenters. The van der Waals surface area contributed by atoms with Crippen molar-refractivity contribution >= 4 is 5.97 Å². The Balaban J connectivity index is 3.17. The molecule has 1 rings (SSSR count). The van der Waals surface area contributed by atoms with Crippen LogP contribution in [0.3, 0.4) is 0 Å². The van der Waals surface area contributed by atoms with Crippen LogP contribution in [0.4, 0.5) is 17.6 Å². The first-order valence-corrected chi connectivity index (χ1v) is 5.49. The van der Waals surface area contributed by atoms with Crippen molar-refractivity contribution in [3.63, 3.8) is 0 Å². The molecule has 5 nitrogen and oxygen atoms in total. The Hall–Kier alpha value is -2.06. The van der Waals surface area contributed by atoms with Crippen molar-refractivity contribution in [2.75, 3.05) is 6.61 Å². The highest BCUT2D eigenvalue weighted by Crippen LogP contribution is 2.27. The highest BCUT2D eigenvalue weighted by molar-refractivity contribution is 5.72. The number of ether oxygens (including phenoxy) is 2. The standard InChI is InChI=1S/C11H11F4NO4/c1-2-19-10(18)3-7-6(5-12)8(4-9(17)16-7)20-11(13,14)15/h4H,2-3,5H2,1H3,(H,16,17). The Morgan fingerprint density at radius 3 is 2.55 bits per heavy atom. The van der Waals surface area contributed by atoms with E-state index in [0.717, 1.165) is 0 Å². The largest absolute Gasteiger partial charge is 0.573 e. The Morgan fingerprint density at radius 1 is 1.40 bits per heavy atom. The quantitative estimate of drug-likeness (QED) is 0.665. The van der Waals surface area contributed by atoms with Gasteiger partial charge in [0, 0.05) is 17.3 Å². The lowest BCUT2D eigenvalue weighted by atomic mass is 10.1. The predicted octanol–water partition coefficient (Wildman–Crippen LogP) is 1.85. The van der Waals surface area contributed by atoms with Crippen molar-refractivity contribution in [3.05, 3.63) is 27.7 Å². The summed E-state index contributed by atoms with van der Waals surface area (Å²) in [6.07, 6.45) is -5.63. The van der Waals surface area contributed by atoms with Gasteiger partial charge in [-0.3, -0.25) is 9.59 Å². The minimum atomic E-state index is -5.07. The van der Waals surface area contributed by atoms with Gasteiger partial charge in [0.1, 0.15) is 12.4 Å². The van der Waals surface area contributed by atoms with Crippen LogP contribution in [-0.2, 0) is 22.6 Å². The minimum absolute atomic E-state index is 0.0484. The second kappa shape index (κ2) is 6.40. The number of carbonyl (C=O) groups excluding carboxylic acids is 1. The van der Waals surface area contributed by atoms with Crippen LogP contribution in [0.15, 0.2) is 10.9 Å². The molecule has 1 heterocycles. The van der Waals surface area contributed by atoms with Gasteiger partial charge in [0.2, 0.25) is 0 Å². The van der Waals surface area contributed by atoms with E-state index in [2.05, 4.69) is 14.5 Å². The first-order valence-electron chi connectivity index (χ1n) is 5.49. The molecule has 0 aromatic carbocycles. The van der Waals surface area contributed by atoms with Crippen LogP contribution >= 0.6 is 0 Å². The summed E-state index contributed by atoms with van der Waals surface area (Å²) in [5.74, 6) is -1.77. The predicted molar refractivity (Wildman–Crippen MR) is 58.9 cm³/mol. The van der Waals surface area contributed by atoms with E-state index in [1.807, 2.05) is 0 Å². The number of alkyl halides is 4. The number of hydrogen-bond acceptors (Lipinski definition) is 4. The topological polar surface area (TPSA) is 68.4 Å². The van der Waals surface area contributed by atoms with E-state index in [4.69, 9.17) is 0 Å². The van der Waals surface area contributed by atoms with Crippen molar-refractivity contribution in [3.8, 4) is 5.75 Å². The van der Waals surface area contributed by atoms with Gasteiger partial charge in [-0.1, -0.05) is 0 Å². The van der Waals surface area contributed by atoms with Gasteiger partial charge in [-0.15, -0.1) is 13.2 Å². The van der Waals surface area contributed by atoms with Crippen LogP contribution in [0.5, 0.6) is 5.75 Å². The molecule has 1 aromatic heterocycles. The van der Waals surface area contributed by atoms with E-state index in [0.29, 0.717) is 6.07 Å². The number of pyridine rings is 1. The van der Waals surface area contributed by atoms with Crippen LogP contribution in [-0.4, -0.2) is 23.9 Å². The molecule has 0 saturated heterocycles. The second-order valence-corrected chi connectivity index (χ2v) is 3.62. The summed E-state index contributed by atoms with van der Waals surface area (Å²) in [5, 5.41) is 0. The molecular weight excluding hydrogens is 286 g/mol. The van der Waals surface area contributed by atoms with Gasteiger partial charge < -0.3 is 14.5 Å². The summed E-state index contributed by atoms with van der Waals surface area (Å²) in [4.78, 5) is 24.6. The molecule has 0 spiro atoms. The first-order chi connectivity index (χ1) is 9.26. The molecule has 0 aliphatic carbocycles. The summed E-state index contributed by atoms with van der Waals surface area (Å²) in [6.45, 7) is 0.240. The maximum Gasteiger partial charge on any atom is 0.573 e. The summed E-state index contributed by atoms with van der Waals surface area (Å²) in [7, 11) is 0. The zero-order valence-corrected chi connectivity index (χ0v) is 10.3. The van der Waals surface area contributed by atoms with Crippen LogP contribution in [0.1, 0.15) is 18.2 Å². The average Bonchev–Trinajstić information content (AvgIpc) is 2.26. The lowest BCUT2D eigenvalue weighted by Gasteiger charge is -2.14. The van der Waals surface area contributed by atoms with Crippen LogP contribution in [0, 0.1) is 0 Å². The SMILES string of the molecule is CCOC(=O)Cc1[nH]c(=O)cc(OC(F)(F)F)c1CF. The molecule has 0 aliphatic rings. The summed E-state index contributed by atoms with van der Waals surface area (Å²) in [5.41, 5.74) is -1.80.